The van der Waals surface area contributed by atoms with Gasteiger partial charge in [-0.2, -0.15) is 0 Å². The van der Waals surface area contributed by atoms with E-state index in [1.807, 2.05) is 0 Å². The standard InChI is InChI=1S/C23H24N4O4S/c28-21-8-3-16(13-22(21)29)1-2-17-14-25-23(26-15-17)27-18-4-6-19(7-5-18)32(30,31)20-9-11-24-12-10-20/h1-8,13-15,20,24,28-29H,9-12H2,(H,25,26,27)/b2-1+. The van der Waals surface area contributed by atoms with Crippen LogP contribution in [0.2, 0.25) is 0 Å². The summed E-state index contributed by atoms with van der Waals surface area (Å²) >= 11 is 0. The highest BCUT2D eigenvalue weighted by molar-refractivity contribution is 7.92. The number of hydrogen-bond acceptors (Lipinski definition) is 8. The van der Waals surface area contributed by atoms with Crippen molar-refractivity contribution in [2.45, 2.75) is 23.0 Å². The fourth-order valence-corrected chi connectivity index (χ4v) is 5.24. The number of aromatic hydroxyl groups is 2. The summed E-state index contributed by atoms with van der Waals surface area (Å²) in [6.07, 6.45) is 8.10. The largest absolute Gasteiger partial charge is 0.504 e. The number of benzene rings is 2. The lowest BCUT2D eigenvalue weighted by molar-refractivity contribution is 0.403. The number of anilines is 2. The van der Waals surface area contributed by atoms with Crippen LogP contribution in [0.15, 0.2) is 59.8 Å². The molecule has 0 atom stereocenters. The van der Waals surface area contributed by atoms with Crippen molar-refractivity contribution in [2.75, 3.05) is 18.4 Å². The van der Waals surface area contributed by atoms with Crippen molar-refractivity contribution < 1.29 is 18.6 Å². The summed E-state index contributed by atoms with van der Waals surface area (Å²) in [7, 11) is -3.33. The van der Waals surface area contributed by atoms with Crippen molar-refractivity contribution in [3.63, 3.8) is 0 Å². The minimum atomic E-state index is -3.33. The molecule has 8 nitrogen and oxygen atoms in total. The van der Waals surface area contributed by atoms with Crippen molar-refractivity contribution in [1.29, 1.82) is 0 Å². The van der Waals surface area contributed by atoms with Crippen LogP contribution in [0.5, 0.6) is 11.5 Å². The first-order valence-corrected chi connectivity index (χ1v) is 11.8. The van der Waals surface area contributed by atoms with E-state index in [0.29, 0.717) is 29.4 Å². The molecule has 0 unspecified atom stereocenters. The molecule has 0 spiro atoms. The van der Waals surface area contributed by atoms with Gasteiger partial charge in [0, 0.05) is 23.6 Å². The maximum absolute atomic E-state index is 12.8. The quantitative estimate of drug-likeness (QED) is 0.420. The average molecular weight is 453 g/mol. The van der Waals surface area contributed by atoms with E-state index in [4.69, 9.17) is 0 Å². The van der Waals surface area contributed by atoms with Crippen LogP contribution in [0.1, 0.15) is 24.0 Å². The Morgan fingerprint density at radius 3 is 2.22 bits per heavy atom. The molecule has 4 rings (SSSR count). The first-order chi connectivity index (χ1) is 15.4. The number of nitrogens with zero attached hydrogens (tertiary/aromatic N) is 2. The minimum absolute atomic E-state index is 0.169. The van der Waals surface area contributed by atoms with Crippen LogP contribution >= 0.6 is 0 Å². The van der Waals surface area contributed by atoms with Crippen molar-refractivity contribution in [1.82, 2.24) is 15.3 Å². The molecule has 1 aromatic heterocycles. The number of phenolic OH excluding ortho intramolecular Hbond substituents is 2. The first kappa shape index (κ1) is 21.8. The van der Waals surface area contributed by atoms with Crippen molar-refractivity contribution in [3.05, 3.63) is 66.0 Å². The Hall–Kier alpha value is -3.43. The van der Waals surface area contributed by atoms with Crippen molar-refractivity contribution in [2.24, 2.45) is 0 Å². The second-order valence-electron chi connectivity index (χ2n) is 7.57. The van der Waals surface area contributed by atoms with Gasteiger partial charge in [-0.1, -0.05) is 18.2 Å². The lowest BCUT2D eigenvalue weighted by Crippen LogP contribution is -2.35. The summed E-state index contributed by atoms with van der Waals surface area (Å²) in [5, 5.41) is 24.8. The molecule has 166 valence electrons. The third-order valence-electron chi connectivity index (χ3n) is 5.30. The number of hydrogen-bond donors (Lipinski definition) is 4. The molecule has 1 aliphatic heterocycles. The summed E-state index contributed by atoms with van der Waals surface area (Å²) in [5.41, 5.74) is 2.17. The van der Waals surface area contributed by atoms with Crippen LogP contribution in [0.25, 0.3) is 12.2 Å². The second-order valence-corrected chi connectivity index (χ2v) is 9.79. The number of aromatic nitrogens is 2. The third kappa shape index (κ3) is 5.06. The lowest BCUT2D eigenvalue weighted by Gasteiger charge is -2.22. The number of phenols is 2. The Morgan fingerprint density at radius 1 is 0.906 bits per heavy atom. The van der Waals surface area contributed by atoms with Crippen LogP contribution in [0, 0.1) is 0 Å². The van der Waals surface area contributed by atoms with E-state index in [0.717, 1.165) is 24.2 Å². The Morgan fingerprint density at radius 2 is 1.56 bits per heavy atom. The van der Waals surface area contributed by atoms with Crippen LogP contribution < -0.4 is 10.6 Å². The zero-order chi connectivity index (χ0) is 22.6. The van der Waals surface area contributed by atoms with Gasteiger partial charge in [-0.05, 0) is 67.9 Å². The molecule has 9 heteroatoms. The molecule has 1 fully saturated rings. The maximum atomic E-state index is 12.8. The average Bonchev–Trinajstić information content (AvgIpc) is 2.82. The van der Waals surface area contributed by atoms with Crippen molar-refractivity contribution in [3.8, 4) is 11.5 Å². The number of piperidine rings is 1. The van der Waals surface area contributed by atoms with Crippen LogP contribution in [0.4, 0.5) is 11.6 Å². The van der Waals surface area contributed by atoms with E-state index in [-0.39, 0.29) is 16.7 Å². The minimum Gasteiger partial charge on any atom is -0.504 e. The topological polar surface area (TPSA) is 124 Å². The molecular weight excluding hydrogens is 428 g/mol. The molecule has 2 aromatic carbocycles. The molecule has 2 heterocycles. The van der Waals surface area contributed by atoms with E-state index >= 15 is 0 Å². The predicted octanol–water partition coefficient (Wildman–Crippen LogP) is 3.33. The van der Waals surface area contributed by atoms with E-state index in [1.165, 1.54) is 12.1 Å². The molecule has 0 saturated carbocycles. The van der Waals surface area contributed by atoms with Gasteiger partial charge in [-0.15, -0.1) is 0 Å². The lowest BCUT2D eigenvalue weighted by atomic mass is 10.1. The summed E-state index contributed by atoms with van der Waals surface area (Å²) in [6.45, 7) is 1.45. The molecule has 0 radical (unpaired) electrons. The van der Waals surface area contributed by atoms with Crippen LogP contribution in [-0.4, -0.2) is 46.9 Å². The molecule has 32 heavy (non-hydrogen) atoms. The number of sulfone groups is 1. The Kier molecular flexibility index (Phi) is 6.38. The first-order valence-electron chi connectivity index (χ1n) is 10.3. The normalized spacial score (nSPS) is 15.1. The molecular formula is C23H24N4O4S. The summed E-state index contributed by atoms with van der Waals surface area (Å²) in [6, 6.07) is 11.2. The fourth-order valence-electron chi connectivity index (χ4n) is 3.48. The zero-order valence-corrected chi connectivity index (χ0v) is 18.1. The highest BCUT2D eigenvalue weighted by Gasteiger charge is 2.28. The SMILES string of the molecule is O=S(=O)(c1ccc(Nc2ncc(/C=C/c3ccc(O)c(O)c3)cn2)cc1)C1CCNCC1. The van der Waals surface area contributed by atoms with Gasteiger partial charge in [-0.25, -0.2) is 18.4 Å². The van der Waals surface area contributed by atoms with Crippen LogP contribution in [0.3, 0.4) is 0 Å². The monoisotopic (exact) mass is 452 g/mol. The van der Waals surface area contributed by atoms with Gasteiger partial charge in [0.1, 0.15) is 0 Å². The molecule has 1 aliphatic rings. The highest BCUT2D eigenvalue weighted by Crippen LogP contribution is 2.26. The van der Waals surface area contributed by atoms with Gasteiger partial charge < -0.3 is 20.8 Å². The van der Waals surface area contributed by atoms with E-state index in [2.05, 4.69) is 20.6 Å². The van der Waals surface area contributed by atoms with E-state index in [1.54, 1.807) is 54.9 Å². The second kappa shape index (κ2) is 9.37. The molecule has 0 bridgehead atoms. The Balaban J connectivity index is 1.40. The molecule has 0 amide bonds. The smallest absolute Gasteiger partial charge is 0.227 e. The Bertz CT molecular complexity index is 1200. The Labute approximate surface area is 186 Å². The fraction of sp³-hybridized carbons (Fsp3) is 0.217. The number of rotatable bonds is 6. The summed E-state index contributed by atoms with van der Waals surface area (Å²) < 4.78 is 25.6. The molecule has 3 aromatic rings. The zero-order valence-electron chi connectivity index (χ0n) is 17.3. The number of nitrogens with one attached hydrogen (secondary N) is 2. The van der Waals surface area contributed by atoms with Gasteiger partial charge >= 0.3 is 0 Å². The maximum Gasteiger partial charge on any atom is 0.227 e. The van der Waals surface area contributed by atoms with Gasteiger partial charge in [0.15, 0.2) is 21.3 Å². The van der Waals surface area contributed by atoms with Gasteiger partial charge in [0.25, 0.3) is 0 Å². The molecule has 1 saturated heterocycles. The van der Waals surface area contributed by atoms with Gasteiger partial charge in [0.2, 0.25) is 5.95 Å². The summed E-state index contributed by atoms with van der Waals surface area (Å²) in [4.78, 5) is 8.88. The van der Waals surface area contributed by atoms with E-state index < -0.39 is 9.84 Å². The van der Waals surface area contributed by atoms with Crippen molar-refractivity contribution >= 4 is 33.6 Å². The van der Waals surface area contributed by atoms with Crippen LogP contribution in [-0.2, 0) is 9.84 Å². The van der Waals surface area contributed by atoms with E-state index in [9.17, 15) is 18.6 Å². The van der Waals surface area contributed by atoms with Gasteiger partial charge in [-0.3, -0.25) is 0 Å². The summed E-state index contributed by atoms with van der Waals surface area (Å²) in [5.74, 6) is 0.0359. The molecule has 0 aliphatic carbocycles. The third-order valence-corrected chi connectivity index (χ3v) is 7.58. The van der Waals surface area contributed by atoms with Gasteiger partial charge in [0.05, 0.1) is 10.1 Å². The molecule has 4 N–H and O–H groups in total. The highest BCUT2D eigenvalue weighted by atomic mass is 32.2. The predicted molar refractivity (Wildman–Crippen MR) is 124 cm³/mol.